The third-order valence-corrected chi connectivity index (χ3v) is 5.09. The second-order valence-electron chi connectivity index (χ2n) is 5.46. The van der Waals surface area contributed by atoms with Gasteiger partial charge in [0.1, 0.15) is 0 Å². The number of ether oxygens (including phenoxy) is 1. The predicted molar refractivity (Wildman–Crippen MR) is 97.7 cm³/mol. The molecule has 1 amide bonds. The Bertz CT molecular complexity index is 696. The number of anilines is 1. The van der Waals surface area contributed by atoms with Crippen LogP contribution in [0.3, 0.4) is 0 Å². The molecule has 1 N–H and O–H groups in total. The van der Waals surface area contributed by atoms with Gasteiger partial charge < -0.3 is 10.1 Å². The molecule has 0 saturated carbocycles. The van der Waals surface area contributed by atoms with Crippen LogP contribution < -0.4 is 5.32 Å². The molecular weight excluding hydrogens is 344 g/mol. The van der Waals surface area contributed by atoms with Crippen LogP contribution in [0.4, 0.5) is 5.13 Å². The van der Waals surface area contributed by atoms with Crippen molar-refractivity contribution in [2.24, 2.45) is 0 Å². The van der Waals surface area contributed by atoms with E-state index in [1.54, 1.807) is 5.38 Å². The quantitative estimate of drug-likeness (QED) is 0.599. The molecule has 0 atom stereocenters. The van der Waals surface area contributed by atoms with Crippen LogP contribution in [-0.2, 0) is 20.7 Å². The van der Waals surface area contributed by atoms with Crippen LogP contribution >= 0.6 is 23.1 Å². The van der Waals surface area contributed by atoms with Gasteiger partial charge in [0.05, 0.1) is 25.0 Å². The highest BCUT2D eigenvalue weighted by Gasteiger charge is 2.10. The van der Waals surface area contributed by atoms with Gasteiger partial charge in [0.15, 0.2) is 5.13 Å². The van der Waals surface area contributed by atoms with Crippen molar-refractivity contribution in [3.63, 3.8) is 0 Å². The van der Waals surface area contributed by atoms with E-state index in [0.29, 0.717) is 22.5 Å². The van der Waals surface area contributed by atoms with Crippen molar-refractivity contribution in [1.29, 1.82) is 0 Å². The van der Waals surface area contributed by atoms with Crippen LogP contribution in [0.2, 0.25) is 0 Å². The van der Waals surface area contributed by atoms with Gasteiger partial charge in [-0.15, -0.1) is 23.1 Å². The number of amides is 1. The number of thiazole rings is 1. The fourth-order valence-corrected chi connectivity index (χ4v) is 3.34. The van der Waals surface area contributed by atoms with Gasteiger partial charge in [-0.05, 0) is 23.6 Å². The summed E-state index contributed by atoms with van der Waals surface area (Å²) in [6.07, 6.45) is 0.111. The van der Waals surface area contributed by atoms with Gasteiger partial charge in [-0.25, -0.2) is 4.98 Å². The molecule has 0 aliphatic heterocycles. The minimum Gasteiger partial charge on any atom is -0.469 e. The lowest BCUT2D eigenvalue weighted by Gasteiger charge is -2.06. The average Bonchev–Trinajstić information content (AvgIpc) is 3.00. The number of methoxy groups -OCH3 is 1. The number of carbonyl (C=O) groups is 2. The first-order valence-corrected chi connectivity index (χ1v) is 9.38. The zero-order chi connectivity index (χ0) is 17.5. The summed E-state index contributed by atoms with van der Waals surface area (Å²) < 4.78 is 4.59. The first-order valence-electron chi connectivity index (χ1n) is 7.51. The Morgan fingerprint density at radius 3 is 2.62 bits per heavy atom. The highest BCUT2D eigenvalue weighted by molar-refractivity contribution is 8.00. The number of nitrogens with one attached hydrogen (secondary N) is 1. The maximum atomic E-state index is 12.0. The zero-order valence-corrected chi connectivity index (χ0v) is 15.5. The molecule has 0 bridgehead atoms. The van der Waals surface area contributed by atoms with E-state index in [4.69, 9.17) is 0 Å². The summed E-state index contributed by atoms with van der Waals surface area (Å²) in [6, 6.07) is 8.24. The Morgan fingerprint density at radius 2 is 2.00 bits per heavy atom. The second-order valence-corrected chi connectivity index (χ2v) is 7.36. The third kappa shape index (κ3) is 5.65. The van der Waals surface area contributed by atoms with Crippen LogP contribution in [0.5, 0.6) is 0 Å². The molecule has 2 rings (SSSR count). The van der Waals surface area contributed by atoms with Crippen molar-refractivity contribution in [3.8, 4) is 0 Å². The maximum absolute atomic E-state index is 12.0. The number of esters is 1. The fourth-order valence-electron chi connectivity index (χ4n) is 1.92. The molecule has 0 spiro atoms. The minimum absolute atomic E-state index is 0.111. The molecule has 1 aromatic carbocycles. The molecule has 0 saturated heterocycles. The predicted octanol–water partition coefficient (Wildman–Crippen LogP) is 3.71. The lowest BCUT2D eigenvalue weighted by Crippen LogP contribution is -2.14. The zero-order valence-electron chi connectivity index (χ0n) is 13.9. The number of aromatic nitrogens is 1. The number of thioether (sulfide) groups is 1. The van der Waals surface area contributed by atoms with Gasteiger partial charge in [0.2, 0.25) is 5.91 Å². The number of carbonyl (C=O) groups excluding carboxylic acids is 2. The van der Waals surface area contributed by atoms with Crippen molar-refractivity contribution in [2.75, 3.05) is 18.2 Å². The number of nitrogens with zero attached hydrogens (tertiary/aromatic N) is 1. The number of hydrogen-bond donors (Lipinski definition) is 1. The van der Waals surface area contributed by atoms with E-state index in [-0.39, 0.29) is 18.3 Å². The summed E-state index contributed by atoms with van der Waals surface area (Å²) >= 11 is 2.78. The maximum Gasteiger partial charge on any atom is 0.311 e. The normalized spacial score (nSPS) is 10.7. The van der Waals surface area contributed by atoms with Gasteiger partial charge in [-0.1, -0.05) is 26.0 Å². The first kappa shape index (κ1) is 18.5. The van der Waals surface area contributed by atoms with E-state index in [2.05, 4.69) is 41.0 Å². The standard InChI is InChI=1S/C17H20N2O3S2/c1-11(2)12-4-6-14(7-5-12)23-10-15(20)19-17-18-13(9-24-17)8-16(21)22-3/h4-7,9,11H,8,10H2,1-3H3,(H,18,19,20). The number of benzene rings is 1. The van der Waals surface area contributed by atoms with Crippen molar-refractivity contribution in [2.45, 2.75) is 31.1 Å². The van der Waals surface area contributed by atoms with E-state index in [0.717, 1.165) is 4.90 Å². The SMILES string of the molecule is COC(=O)Cc1csc(NC(=O)CSc2ccc(C(C)C)cc2)n1. The summed E-state index contributed by atoms with van der Waals surface area (Å²) in [5, 5.41) is 4.98. The smallest absolute Gasteiger partial charge is 0.311 e. The summed E-state index contributed by atoms with van der Waals surface area (Å²) in [4.78, 5) is 28.4. The molecular formula is C17H20N2O3S2. The van der Waals surface area contributed by atoms with E-state index >= 15 is 0 Å². The number of hydrogen-bond acceptors (Lipinski definition) is 6. The van der Waals surface area contributed by atoms with Gasteiger partial charge >= 0.3 is 5.97 Å². The molecule has 0 aliphatic carbocycles. The lowest BCUT2D eigenvalue weighted by atomic mass is 10.0. The first-order chi connectivity index (χ1) is 11.5. The van der Waals surface area contributed by atoms with Crippen LogP contribution in [0, 0.1) is 0 Å². The fraction of sp³-hybridized carbons (Fsp3) is 0.353. The lowest BCUT2D eigenvalue weighted by molar-refractivity contribution is -0.139. The van der Waals surface area contributed by atoms with Crippen LogP contribution in [-0.4, -0.2) is 29.7 Å². The molecule has 7 heteroatoms. The molecule has 1 aromatic heterocycles. The minimum atomic E-state index is -0.349. The van der Waals surface area contributed by atoms with Gasteiger partial charge in [-0.2, -0.15) is 0 Å². The summed E-state index contributed by atoms with van der Waals surface area (Å²) in [6.45, 7) is 4.30. The molecule has 0 fully saturated rings. The summed E-state index contributed by atoms with van der Waals surface area (Å²) in [7, 11) is 1.34. The third-order valence-electron chi connectivity index (χ3n) is 3.27. The van der Waals surface area contributed by atoms with Crippen LogP contribution in [0.15, 0.2) is 34.5 Å². The Balaban J connectivity index is 1.81. The average molecular weight is 364 g/mol. The van der Waals surface area contributed by atoms with Crippen molar-refractivity contribution in [1.82, 2.24) is 4.98 Å². The topological polar surface area (TPSA) is 68.3 Å². The summed E-state index contributed by atoms with van der Waals surface area (Å²) in [5.74, 6) is 0.342. The molecule has 1 heterocycles. The molecule has 0 unspecified atom stereocenters. The van der Waals surface area contributed by atoms with Gasteiger partial charge in [0, 0.05) is 10.3 Å². The molecule has 24 heavy (non-hydrogen) atoms. The van der Waals surface area contributed by atoms with Gasteiger partial charge in [-0.3, -0.25) is 9.59 Å². The van der Waals surface area contributed by atoms with Crippen LogP contribution in [0.25, 0.3) is 0 Å². The number of rotatable bonds is 7. The Morgan fingerprint density at radius 1 is 1.29 bits per heavy atom. The van der Waals surface area contributed by atoms with Gasteiger partial charge in [0.25, 0.3) is 0 Å². The monoisotopic (exact) mass is 364 g/mol. The van der Waals surface area contributed by atoms with E-state index in [9.17, 15) is 9.59 Å². The Hall–Kier alpha value is -1.86. The molecule has 5 nitrogen and oxygen atoms in total. The largest absolute Gasteiger partial charge is 0.469 e. The highest BCUT2D eigenvalue weighted by atomic mass is 32.2. The van der Waals surface area contributed by atoms with Crippen molar-refractivity contribution >= 4 is 40.1 Å². The van der Waals surface area contributed by atoms with Crippen molar-refractivity contribution in [3.05, 3.63) is 40.9 Å². The highest BCUT2D eigenvalue weighted by Crippen LogP contribution is 2.22. The Labute approximate surface area is 149 Å². The van der Waals surface area contributed by atoms with Crippen LogP contribution in [0.1, 0.15) is 31.0 Å². The molecule has 2 aromatic rings. The second kappa shape index (κ2) is 8.84. The van der Waals surface area contributed by atoms with Crippen molar-refractivity contribution < 1.29 is 14.3 Å². The Kier molecular flexibility index (Phi) is 6.81. The molecule has 0 radical (unpaired) electrons. The summed E-state index contributed by atoms with van der Waals surface area (Å²) in [5.41, 5.74) is 1.88. The van der Waals surface area contributed by atoms with E-state index in [1.165, 1.54) is 35.8 Å². The molecule has 128 valence electrons. The molecule has 0 aliphatic rings. The van der Waals surface area contributed by atoms with E-state index in [1.807, 2.05) is 12.1 Å². The van der Waals surface area contributed by atoms with E-state index < -0.39 is 0 Å².